The minimum Gasteiger partial charge on any atom is -0.444 e. The van der Waals surface area contributed by atoms with Crippen LogP contribution < -0.4 is 10.6 Å². The van der Waals surface area contributed by atoms with Gasteiger partial charge in [0.2, 0.25) is 0 Å². The van der Waals surface area contributed by atoms with Crippen molar-refractivity contribution in [2.75, 3.05) is 20.1 Å². The summed E-state index contributed by atoms with van der Waals surface area (Å²) in [5, 5.41) is 8.36. The highest BCUT2D eigenvalue weighted by Crippen LogP contribution is 2.13. The monoisotopic (exact) mass is 338 g/mol. The molecule has 1 unspecified atom stereocenters. The van der Waals surface area contributed by atoms with Gasteiger partial charge in [-0.15, -0.1) is 11.3 Å². The fraction of sp³-hybridized carbons (Fsp3) is 0.625. The van der Waals surface area contributed by atoms with Gasteiger partial charge in [-0.05, 0) is 38.6 Å². The van der Waals surface area contributed by atoms with Crippen LogP contribution >= 0.6 is 11.3 Å². The van der Waals surface area contributed by atoms with Crippen molar-refractivity contribution in [3.63, 3.8) is 0 Å². The molecule has 2 heterocycles. The average Bonchev–Trinajstić information content (AvgIpc) is 3.09. The molecule has 1 saturated heterocycles. The summed E-state index contributed by atoms with van der Waals surface area (Å²) in [7, 11) is 1.78. The van der Waals surface area contributed by atoms with Gasteiger partial charge < -0.3 is 20.3 Å². The highest BCUT2D eigenvalue weighted by Gasteiger charge is 2.27. The molecule has 0 saturated carbocycles. The number of nitrogens with zero attached hydrogens (tertiary/aromatic N) is 2. The predicted octanol–water partition coefficient (Wildman–Crippen LogP) is 2.42. The Morgan fingerprint density at radius 1 is 1.52 bits per heavy atom. The molecule has 0 spiro atoms. The van der Waals surface area contributed by atoms with E-state index in [1.165, 1.54) is 4.88 Å². The zero-order chi connectivity index (χ0) is 16.9. The van der Waals surface area contributed by atoms with E-state index in [2.05, 4.69) is 32.0 Å². The van der Waals surface area contributed by atoms with E-state index >= 15 is 0 Å². The fourth-order valence-electron chi connectivity index (χ4n) is 2.46. The normalized spacial score (nSPS) is 18.9. The second kappa shape index (κ2) is 7.68. The van der Waals surface area contributed by atoms with Crippen LogP contribution in [0.3, 0.4) is 0 Å². The molecule has 1 atom stereocenters. The largest absolute Gasteiger partial charge is 0.444 e. The maximum absolute atomic E-state index is 11.8. The molecule has 2 rings (SSSR count). The lowest BCUT2D eigenvalue weighted by Gasteiger charge is -2.23. The van der Waals surface area contributed by atoms with Crippen LogP contribution in [0.2, 0.25) is 0 Å². The van der Waals surface area contributed by atoms with E-state index in [9.17, 15) is 4.79 Å². The molecule has 0 radical (unpaired) electrons. The maximum Gasteiger partial charge on any atom is 0.407 e. The molecule has 1 aliphatic heterocycles. The van der Waals surface area contributed by atoms with Gasteiger partial charge in [-0.25, -0.2) is 4.79 Å². The van der Waals surface area contributed by atoms with Crippen molar-refractivity contribution in [2.45, 2.75) is 45.4 Å². The summed E-state index contributed by atoms with van der Waals surface area (Å²) < 4.78 is 5.31. The molecule has 1 aromatic rings. The second-order valence-electron chi connectivity index (χ2n) is 6.56. The Balaban J connectivity index is 1.79. The van der Waals surface area contributed by atoms with Gasteiger partial charge in [0.1, 0.15) is 5.60 Å². The number of alkyl carbamates (subject to hydrolysis) is 1. The first-order valence-corrected chi connectivity index (χ1v) is 8.73. The number of likely N-dealkylation sites (tertiary alicyclic amines) is 1. The molecule has 2 N–H and O–H groups in total. The number of carbonyl (C=O) groups is 1. The molecular formula is C16H26N4O2S. The van der Waals surface area contributed by atoms with E-state index in [1.807, 2.05) is 26.8 Å². The zero-order valence-corrected chi connectivity index (χ0v) is 15.1. The number of thiophene rings is 1. The van der Waals surface area contributed by atoms with Crippen LogP contribution in [0, 0.1) is 0 Å². The van der Waals surface area contributed by atoms with Crippen molar-refractivity contribution >= 4 is 23.4 Å². The Hall–Kier alpha value is -1.76. The summed E-state index contributed by atoms with van der Waals surface area (Å²) in [5.74, 6) is 0.867. The lowest BCUT2D eigenvalue weighted by atomic mass is 10.2. The Kier molecular flexibility index (Phi) is 5.87. The Labute approximate surface area is 141 Å². The number of hydrogen-bond donors (Lipinski definition) is 2. The van der Waals surface area contributed by atoms with Gasteiger partial charge in [-0.2, -0.15) is 0 Å². The summed E-state index contributed by atoms with van der Waals surface area (Å²) >= 11 is 1.72. The van der Waals surface area contributed by atoms with Crippen molar-refractivity contribution in [1.29, 1.82) is 0 Å². The van der Waals surface area contributed by atoms with Gasteiger partial charge >= 0.3 is 6.09 Å². The van der Waals surface area contributed by atoms with E-state index in [-0.39, 0.29) is 12.1 Å². The quantitative estimate of drug-likeness (QED) is 0.656. The van der Waals surface area contributed by atoms with E-state index < -0.39 is 5.60 Å². The van der Waals surface area contributed by atoms with Crippen molar-refractivity contribution in [3.8, 4) is 0 Å². The third-order valence-electron chi connectivity index (χ3n) is 3.42. The molecule has 1 aromatic heterocycles. The summed E-state index contributed by atoms with van der Waals surface area (Å²) in [4.78, 5) is 19.6. The number of nitrogens with one attached hydrogen (secondary N) is 2. The Morgan fingerprint density at radius 3 is 2.91 bits per heavy atom. The van der Waals surface area contributed by atoms with Gasteiger partial charge in [-0.3, -0.25) is 4.99 Å². The molecular weight excluding hydrogens is 312 g/mol. The lowest BCUT2D eigenvalue weighted by molar-refractivity contribution is 0.0507. The third-order valence-corrected chi connectivity index (χ3v) is 4.30. The molecule has 0 bridgehead atoms. The number of carbonyl (C=O) groups excluding carboxylic acids is 1. The van der Waals surface area contributed by atoms with Crippen LogP contribution in [0.25, 0.3) is 0 Å². The molecule has 0 aliphatic carbocycles. The van der Waals surface area contributed by atoms with E-state index in [0.29, 0.717) is 0 Å². The number of amides is 1. The molecule has 1 aliphatic rings. The summed E-state index contributed by atoms with van der Waals surface area (Å²) in [6.07, 6.45) is 0.532. The molecule has 23 heavy (non-hydrogen) atoms. The molecule has 6 nitrogen and oxygen atoms in total. The summed E-state index contributed by atoms with van der Waals surface area (Å²) in [6.45, 7) is 7.97. The van der Waals surface area contributed by atoms with Crippen molar-refractivity contribution < 1.29 is 9.53 Å². The van der Waals surface area contributed by atoms with Gasteiger partial charge in [0.05, 0.1) is 12.6 Å². The summed E-state index contributed by atoms with van der Waals surface area (Å²) in [6, 6.07) is 4.23. The van der Waals surface area contributed by atoms with Crippen LogP contribution in [-0.4, -0.2) is 48.7 Å². The smallest absolute Gasteiger partial charge is 0.407 e. The first kappa shape index (κ1) is 17.6. The van der Waals surface area contributed by atoms with Gasteiger partial charge in [0.25, 0.3) is 0 Å². The number of guanidine groups is 1. The number of ether oxygens (including phenoxy) is 1. The first-order valence-electron chi connectivity index (χ1n) is 7.85. The second-order valence-corrected chi connectivity index (χ2v) is 7.59. The molecule has 0 aromatic carbocycles. The highest BCUT2D eigenvalue weighted by molar-refractivity contribution is 7.09. The summed E-state index contributed by atoms with van der Waals surface area (Å²) in [5.41, 5.74) is -0.472. The van der Waals surface area contributed by atoms with E-state index in [4.69, 9.17) is 4.74 Å². The van der Waals surface area contributed by atoms with E-state index in [0.717, 1.165) is 32.0 Å². The minimum absolute atomic E-state index is 0.0881. The van der Waals surface area contributed by atoms with Crippen molar-refractivity contribution in [2.24, 2.45) is 4.99 Å². The molecule has 7 heteroatoms. The fourth-order valence-corrected chi connectivity index (χ4v) is 3.10. The molecule has 1 fully saturated rings. The van der Waals surface area contributed by atoms with Gasteiger partial charge in [-0.1, -0.05) is 6.07 Å². The van der Waals surface area contributed by atoms with Gasteiger partial charge in [0.15, 0.2) is 5.96 Å². The maximum atomic E-state index is 11.8. The van der Waals surface area contributed by atoms with Crippen molar-refractivity contribution in [3.05, 3.63) is 22.4 Å². The Morgan fingerprint density at radius 2 is 2.30 bits per heavy atom. The average molecular weight is 338 g/mol. The van der Waals surface area contributed by atoms with Crippen LogP contribution in [0.4, 0.5) is 4.79 Å². The van der Waals surface area contributed by atoms with Crippen LogP contribution in [0.1, 0.15) is 32.1 Å². The predicted molar refractivity (Wildman–Crippen MR) is 93.9 cm³/mol. The van der Waals surface area contributed by atoms with Crippen LogP contribution in [-0.2, 0) is 11.3 Å². The zero-order valence-electron chi connectivity index (χ0n) is 14.3. The minimum atomic E-state index is -0.472. The Bertz CT molecular complexity index is 537. The third kappa shape index (κ3) is 5.74. The highest BCUT2D eigenvalue weighted by atomic mass is 32.1. The SMILES string of the molecule is CN=C(NCc1cccs1)N1CCC(NC(=O)OC(C)(C)C)C1. The number of hydrogen-bond acceptors (Lipinski definition) is 4. The standard InChI is InChI=1S/C16H26N4O2S/c1-16(2,3)22-15(21)19-12-7-8-20(11-12)14(17-4)18-10-13-6-5-9-23-13/h5-6,9,12H,7-8,10-11H2,1-4H3,(H,17,18)(H,19,21). The first-order chi connectivity index (χ1) is 10.9. The van der Waals surface area contributed by atoms with Crippen LogP contribution in [0.5, 0.6) is 0 Å². The molecule has 1 amide bonds. The van der Waals surface area contributed by atoms with Gasteiger partial charge in [0, 0.05) is 25.0 Å². The molecule has 128 valence electrons. The number of rotatable bonds is 3. The van der Waals surface area contributed by atoms with Crippen LogP contribution in [0.15, 0.2) is 22.5 Å². The number of aliphatic imine (C=N–C) groups is 1. The lowest BCUT2D eigenvalue weighted by Crippen LogP contribution is -2.44. The topological polar surface area (TPSA) is 66.0 Å². The van der Waals surface area contributed by atoms with Crippen molar-refractivity contribution in [1.82, 2.24) is 15.5 Å². The van der Waals surface area contributed by atoms with E-state index in [1.54, 1.807) is 18.4 Å².